The molecule has 0 aromatic carbocycles. The molecule has 0 spiro atoms. The van der Waals surface area contributed by atoms with Crippen LogP contribution in [0, 0.1) is 5.95 Å². The number of aromatic nitrogens is 1. The summed E-state index contributed by atoms with van der Waals surface area (Å²) in [7, 11) is 0. The number of esters is 1. The molecule has 1 aromatic rings. The van der Waals surface area contributed by atoms with E-state index in [1.54, 1.807) is 26.8 Å². The number of rotatable bonds is 6. The van der Waals surface area contributed by atoms with Crippen molar-refractivity contribution in [3.63, 3.8) is 0 Å². The van der Waals surface area contributed by atoms with E-state index < -0.39 is 17.5 Å². The number of aliphatic hydroxyl groups excluding tert-OH is 1. The number of aryl methyl sites for hydroxylation is 1. The van der Waals surface area contributed by atoms with E-state index in [9.17, 15) is 9.18 Å². The first-order chi connectivity index (χ1) is 9.35. The van der Waals surface area contributed by atoms with Crippen molar-refractivity contribution in [1.82, 2.24) is 4.98 Å². The van der Waals surface area contributed by atoms with Gasteiger partial charge in [0, 0.05) is 12.8 Å². The maximum absolute atomic E-state index is 13.8. The summed E-state index contributed by atoms with van der Waals surface area (Å²) < 4.78 is 19.0. The summed E-state index contributed by atoms with van der Waals surface area (Å²) in [6.07, 6.45) is 4.22. The first-order valence-electron chi connectivity index (χ1n) is 6.82. The number of carbonyl (C=O) groups is 1. The Kier molecular flexibility index (Phi) is 6.07. The van der Waals surface area contributed by atoms with Crippen LogP contribution in [-0.4, -0.2) is 28.3 Å². The van der Waals surface area contributed by atoms with Crippen molar-refractivity contribution in [2.45, 2.75) is 52.1 Å². The summed E-state index contributed by atoms with van der Waals surface area (Å²) in [6, 6.07) is 1.64. The minimum Gasteiger partial charge on any atom is -0.456 e. The number of halogens is 1. The first-order valence-corrected chi connectivity index (χ1v) is 6.82. The third-order valence-electron chi connectivity index (χ3n) is 2.70. The second-order valence-corrected chi connectivity index (χ2v) is 5.67. The van der Waals surface area contributed by atoms with Crippen molar-refractivity contribution in [2.75, 3.05) is 6.61 Å². The second-order valence-electron chi connectivity index (χ2n) is 5.67. The molecule has 0 atom stereocenters. The Morgan fingerprint density at radius 3 is 2.65 bits per heavy atom. The molecule has 5 heteroatoms. The van der Waals surface area contributed by atoms with Gasteiger partial charge in [-0.25, -0.2) is 9.78 Å². The van der Waals surface area contributed by atoms with Crippen LogP contribution < -0.4 is 0 Å². The number of hydrogen-bond donors (Lipinski definition) is 1. The average molecular weight is 283 g/mol. The van der Waals surface area contributed by atoms with Crippen LogP contribution in [0.5, 0.6) is 0 Å². The Morgan fingerprint density at radius 2 is 2.05 bits per heavy atom. The quantitative estimate of drug-likeness (QED) is 0.495. The lowest BCUT2D eigenvalue weighted by molar-refractivity contribution is 0.00623. The first kappa shape index (κ1) is 16.6. The van der Waals surface area contributed by atoms with E-state index in [1.165, 1.54) is 6.20 Å². The maximum Gasteiger partial charge on any atom is 0.343 e. The van der Waals surface area contributed by atoms with Gasteiger partial charge in [-0.3, -0.25) is 0 Å². The summed E-state index contributed by atoms with van der Waals surface area (Å²) in [4.78, 5) is 15.6. The van der Waals surface area contributed by atoms with Crippen molar-refractivity contribution in [3.05, 3.63) is 29.3 Å². The Labute approximate surface area is 119 Å². The van der Waals surface area contributed by atoms with E-state index in [2.05, 4.69) is 4.98 Å². The molecule has 1 rings (SSSR count). The van der Waals surface area contributed by atoms with Crippen LogP contribution >= 0.6 is 0 Å². The molecule has 1 N–H and O–H groups in total. The molecule has 0 aliphatic rings. The van der Waals surface area contributed by atoms with E-state index in [0.29, 0.717) is 18.4 Å². The summed E-state index contributed by atoms with van der Waals surface area (Å²) in [5.41, 5.74) is -0.149. The van der Waals surface area contributed by atoms with Crippen LogP contribution in [0.1, 0.15) is 56.0 Å². The van der Waals surface area contributed by atoms with Gasteiger partial charge in [-0.05, 0) is 51.7 Å². The molecule has 0 saturated heterocycles. The smallest absolute Gasteiger partial charge is 0.343 e. The topological polar surface area (TPSA) is 59.4 Å². The molecular weight excluding hydrogens is 261 g/mol. The van der Waals surface area contributed by atoms with Gasteiger partial charge in [0.25, 0.3) is 0 Å². The molecule has 0 bridgehead atoms. The largest absolute Gasteiger partial charge is 0.456 e. The molecule has 0 radical (unpaired) electrons. The number of unbranched alkanes of at least 4 members (excludes halogenated alkanes) is 2. The fraction of sp³-hybridized carbons (Fsp3) is 0.600. The fourth-order valence-corrected chi connectivity index (χ4v) is 1.83. The summed E-state index contributed by atoms with van der Waals surface area (Å²) in [5.74, 6) is -1.47. The zero-order valence-electron chi connectivity index (χ0n) is 12.3. The highest BCUT2D eigenvalue weighted by Crippen LogP contribution is 2.19. The lowest BCUT2D eigenvalue weighted by atomic mass is 10.0. The molecule has 0 aliphatic heterocycles. The van der Waals surface area contributed by atoms with Gasteiger partial charge in [-0.15, -0.1) is 0 Å². The number of ether oxygens (including phenoxy) is 1. The molecule has 1 heterocycles. The molecule has 0 fully saturated rings. The van der Waals surface area contributed by atoms with Crippen LogP contribution in [0.3, 0.4) is 0 Å². The number of hydrogen-bond acceptors (Lipinski definition) is 4. The summed E-state index contributed by atoms with van der Waals surface area (Å²) >= 11 is 0. The van der Waals surface area contributed by atoms with Gasteiger partial charge in [0.05, 0.1) is 0 Å². The number of aliphatic hydroxyl groups is 1. The highest BCUT2D eigenvalue weighted by atomic mass is 19.1. The van der Waals surface area contributed by atoms with E-state index in [1.807, 2.05) is 0 Å². The minimum atomic E-state index is -0.793. The third kappa shape index (κ3) is 5.25. The van der Waals surface area contributed by atoms with E-state index >= 15 is 0 Å². The van der Waals surface area contributed by atoms with Gasteiger partial charge < -0.3 is 9.84 Å². The Morgan fingerprint density at radius 1 is 1.35 bits per heavy atom. The highest BCUT2D eigenvalue weighted by Gasteiger charge is 2.24. The van der Waals surface area contributed by atoms with E-state index in [4.69, 9.17) is 9.84 Å². The fourth-order valence-electron chi connectivity index (χ4n) is 1.83. The Bertz CT molecular complexity index is 455. The van der Waals surface area contributed by atoms with Crippen molar-refractivity contribution < 1.29 is 19.0 Å². The molecule has 4 nitrogen and oxygen atoms in total. The van der Waals surface area contributed by atoms with E-state index in [-0.39, 0.29) is 12.2 Å². The van der Waals surface area contributed by atoms with Crippen molar-refractivity contribution >= 4 is 5.97 Å². The van der Waals surface area contributed by atoms with Crippen LogP contribution in [0.4, 0.5) is 4.39 Å². The minimum absolute atomic E-state index is 0.0774. The maximum atomic E-state index is 13.8. The Balaban J connectivity index is 2.85. The van der Waals surface area contributed by atoms with Gasteiger partial charge in [0.15, 0.2) is 0 Å². The van der Waals surface area contributed by atoms with Crippen LogP contribution in [0.25, 0.3) is 0 Å². The average Bonchev–Trinajstić information content (AvgIpc) is 2.32. The molecule has 0 amide bonds. The predicted molar refractivity (Wildman–Crippen MR) is 74.0 cm³/mol. The molecule has 1 aromatic heterocycles. The zero-order valence-corrected chi connectivity index (χ0v) is 12.3. The van der Waals surface area contributed by atoms with Crippen molar-refractivity contribution in [2.24, 2.45) is 0 Å². The summed E-state index contributed by atoms with van der Waals surface area (Å²) in [5, 5.41) is 8.73. The molecule has 20 heavy (non-hydrogen) atoms. The lowest BCUT2D eigenvalue weighted by Gasteiger charge is -2.20. The second kappa shape index (κ2) is 7.33. The molecule has 0 saturated carbocycles. The van der Waals surface area contributed by atoms with Crippen molar-refractivity contribution in [3.8, 4) is 0 Å². The van der Waals surface area contributed by atoms with Gasteiger partial charge in [-0.2, -0.15) is 4.39 Å². The standard InChI is InChI=1S/C15H22FNO3/c1-15(2,3)20-14(19)12-11(7-5-4-6-10-18)8-9-17-13(12)16/h8-9,18H,4-7,10H2,1-3H3. The lowest BCUT2D eigenvalue weighted by Crippen LogP contribution is -2.25. The Hall–Kier alpha value is -1.49. The number of nitrogens with zero attached hydrogens (tertiary/aromatic N) is 1. The van der Waals surface area contributed by atoms with Crippen LogP contribution in [0.15, 0.2) is 12.3 Å². The molecular formula is C15H22FNO3. The highest BCUT2D eigenvalue weighted by molar-refractivity contribution is 5.91. The van der Waals surface area contributed by atoms with Gasteiger partial charge in [-0.1, -0.05) is 6.42 Å². The number of pyridine rings is 1. The SMILES string of the molecule is CC(C)(C)OC(=O)c1c(CCCCCO)ccnc1F. The van der Waals surface area contributed by atoms with Gasteiger partial charge in [0.1, 0.15) is 11.2 Å². The zero-order chi connectivity index (χ0) is 15.2. The molecule has 0 unspecified atom stereocenters. The van der Waals surface area contributed by atoms with Crippen LogP contribution in [0.2, 0.25) is 0 Å². The van der Waals surface area contributed by atoms with E-state index in [0.717, 1.165) is 12.8 Å². The van der Waals surface area contributed by atoms with Gasteiger partial charge >= 0.3 is 5.97 Å². The van der Waals surface area contributed by atoms with Crippen molar-refractivity contribution in [1.29, 1.82) is 0 Å². The monoisotopic (exact) mass is 283 g/mol. The predicted octanol–water partition coefficient (Wildman–Crippen LogP) is 2.88. The third-order valence-corrected chi connectivity index (χ3v) is 2.70. The summed E-state index contributed by atoms with van der Waals surface area (Å²) in [6.45, 7) is 5.35. The normalized spacial score (nSPS) is 11.4. The molecule has 112 valence electrons. The van der Waals surface area contributed by atoms with Crippen LogP contribution in [-0.2, 0) is 11.2 Å². The molecule has 0 aliphatic carbocycles. The van der Waals surface area contributed by atoms with Gasteiger partial charge in [0.2, 0.25) is 5.95 Å². The number of carbonyl (C=O) groups excluding carboxylic acids is 1.